The molecular formula is C13H17Cl3O3S. The lowest BCUT2D eigenvalue weighted by molar-refractivity contribution is 0.304. The SMILES string of the molecule is CCCCCCCOc1c(Cl)cc(S(=O)(=O)Cl)cc1Cl. The number of hydrogen-bond donors (Lipinski definition) is 0. The van der Waals surface area contributed by atoms with Gasteiger partial charge in [0.05, 0.1) is 21.5 Å². The zero-order valence-electron chi connectivity index (χ0n) is 11.2. The highest BCUT2D eigenvalue weighted by molar-refractivity contribution is 8.13. The van der Waals surface area contributed by atoms with Gasteiger partial charge in [-0.15, -0.1) is 0 Å². The van der Waals surface area contributed by atoms with Crippen LogP contribution in [0.3, 0.4) is 0 Å². The van der Waals surface area contributed by atoms with Crippen LogP contribution >= 0.6 is 33.9 Å². The van der Waals surface area contributed by atoms with E-state index in [4.69, 9.17) is 38.6 Å². The summed E-state index contributed by atoms with van der Waals surface area (Å²) in [6, 6.07) is 2.48. The molecule has 0 amide bonds. The minimum absolute atomic E-state index is 0.135. The molecule has 0 fully saturated rings. The van der Waals surface area contributed by atoms with Gasteiger partial charge in [0.1, 0.15) is 0 Å². The van der Waals surface area contributed by atoms with Gasteiger partial charge in [-0.05, 0) is 18.6 Å². The molecule has 0 aliphatic heterocycles. The van der Waals surface area contributed by atoms with E-state index in [0.29, 0.717) is 12.4 Å². The quantitative estimate of drug-likeness (QED) is 0.469. The summed E-state index contributed by atoms with van der Waals surface area (Å²) >= 11 is 11.9. The summed E-state index contributed by atoms with van der Waals surface area (Å²) < 4.78 is 27.9. The molecule has 0 aliphatic carbocycles. The van der Waals surface area contributed by atoms with Crippen LogP contribution in [0.5, 0.6) is 5.75 Å². The molecule has 0 aromatic heterocycles. The van der Waals surface area contributed by atoms with Crippen LogP contribution in [-0.2, 0) is 9.05 Å². The molecule has 0 bridgehead atoms. The molecule has 0 saturated carbocycles. The van der Waals surface area contributed by atoms with Crippen molar-refractivity contribution in [2.24, 2.45) is 0 Å². The highest BCUT2D eigenvalue weighted by Crippen LogP contribution is 2.36. The van der Waals surface area contributed by atoms with Gasteiger partial charge in [-0.2, -0.15) is 0 Å². The van der Waals surface area contributed by atoms with Crippen LogP contribution in [-0.4, -0.2) is 15.0 Å². The molecule has 7 heteroatoms. The summed E-state index contributed by atoms with van der Waals surface area (Å²) in [4.78, 5) is -0.135. The van der Waals surface area contributed by atoms with Gasteiger partial charge in [0.15, 0.2) is 5.75 Å². The van der Waals surface area contributed by atoms with Gasteiger partial charge in [-0.1, -0.05) is 55.8 Å². The number of halogens is 3. The maximum atomic E-state index is 11.2. The third-order valence-corrected chi connectivity index (χ3v) is 4.64. The van der Waals surface area contributed by atoms with E-state index in [0.717, 1.165) is 12.8 Å². The van der Waals surface area contributed by atoms with Gasteiger partial charge in [0.2, 0.25) is 0 Å². The van der Waals surface area contributed by atoms with Crippen molar-refractivity contribution in [1.82, 2.24) is 0 Å². The molecule has 0 unspecified atom stereocenters. The van der Waals surface area contributed by atoms with Crippen molar-refractivity contribution < 1.29 is 13.2 Å². The van der Waals surface area contributed by atoms with E-state index in [1.165, 1.54) is 31.4 Å². The zero-order chi connectivity index (χ0) is 15.2. The summed E-state index contributed by atoms with van der Waals surface area (Å²) in [6.07, 6.45) is 5.56. The first-order valence-corrected chi connectivity index (χ1v) is 9.49. The fraction of sp³-hybridized carbons (Fsp3) is 0.538. The van der Waals surface area contributed by atoms with E-state index in [1.807, 2.05) is 0 Å². The van der Waals surface area contributed by atoms with Crippen LogP contribution < -0.4 is 4.74 Å². The average Bonchev–Trinajstić information content (AvgIpc) is 2.34. The molecule has 0 saturated heterocycles. The predicted octanol–water partition coefficient (Wildman–Crippen LogP) is 5.27. The fourth-order valence-electron chi connectivity index (χ4n) is 1.70. The molecule has 1 aromatic rings. The second kappa shape index (κ2) is 8.32. The Morgan fingerprint density at radius 1 is 1.05 bits per heavy atom. The highest BCUT2D eigenvalue weighted by atomic mass is 35.7. The van der Waals surface area contributed by atoms with E-state index in [1.54, 1.807) is 0 Å². The van der Waals surface area contributed by atoms with E-state index in [9.17, 15) is 8.42 Å². The molecule has 0 spiro atoms. The van der Waals surface area contributed by atoms with Crippen LogP contribution in [0.25, 0.3) is 0 Å². The normalized spacial score (nSPS) is 11.6. The van der Waals surface area contributed by atoms with Crippen molar-refractivity contribution >= 4 is 42.9 Å². The molecule has 1 rings (SSSR count). The number of unbranched alkanes of at least 4 members (excludes halogenated alkanes) is 4. The molecule has 3 nitrogen and oxygen atoms in total. The second-order valence-electron chi connectivity index (χ2n) is 4.42. The Hall–Kier alpha value is -0.160. The molecule has 1 aromatic carbocycles. The topological polar surface area (TPSA) is 43.4 Å². The molecule has 0 N–H and O–H groups in total. The van der Waals surface area contributed by atoms with Crippen LogP contribution in [0.15, 0.2) is 17.0 Å². The van der Waals surface area contributed by atoms with Crippen molar-refractivity contribution in [2.45, 2.75) is 43.9 Å². The standard InChI is InChI=1S/C13H17Cl3O3S/c1-2-3-4-5-6-7-19-13-11(14)8-10(9-12(13)15)20(16,17)18/h8-9H,2-7H2,1H3. The summed E-state index contributed by atoms with van der Waals surface area (Å²) in [5.74, 6) is 0.299. The molecule has 0 aliphatic rings. The molecule has 20 heavy (non-hydrogen) atoms. The minimum Gasteiger partial charge on any atom is -0.490 e. The largest absolute Gasteiger partial charge is 0.490 e. The van der Waals surface area contributed by atoms with Gasteiger partial charge in [0.25, 0.3) is 9.05 Å². The molecule has 0 atom stereocenters. The Morgan fingerprint density at radius 3 is 2.10 bits per heavy atom. The first kappa shape index (κ1) is 17.9. The first-order chi connectivity index (χ1) is 9.36. The van der Waals surface area contributed by atoms with Gasteiger partial charge in [-0.25, -0.2) is 8.42 Å². The summed E-state index contributed by atoms with van der Waals surface area (Å²) in [6.45, 7) is 2.65. The molecular weight excluding hydrogens is 343 g/mol. The van der Waals surface area contributed by atoms with Crippen LogP contribution in [0.4, 0.5) is 0 Å². The Morgan fingerprint density at radius 2 is 1.60 bits per heavy atom. The van der Waals surface area contributed by atoms with Gasteiger partial charge >= 0.3 is 0 Å². The summed E-state index contributed by atoms with van der Waals surface area (Å²) in [5, 5.41) is 0.288. The van der Waals surface area contributed by atoms with Crippen LogP contribution in [0, 0.1) is 0 Å². The van der Waals surface area contributed by atoms with E-state index in [-0.39, 0.29) is 14.9 Å². The first-order valence-electron chi connectivity index (χ1n) is 6.42. The monoisotopic (exact) mass is 358 g/mol. The lowest BCUT2D eigenvalue weighted by atomic mass is 10.2. The van der Waals surface area contributed by atoms with Crippen molar-refractivity contribution in [1.29, 1.82) is 0 Å². The van der Waals surface area contributed by atoms with Crippen LogP contribution in [0.2, 0.25) is 10.0 Å². The van der Waals surface area contributed by atoms with Crippen LogP contribution in [0.1, 0.15) is 39.0 Å². The lowest BCUT2D eigenvalue weighted by Gasteiger charge is -2.11. The number of hydrogen-bond acceptors (Lipinski definition) is 3. The van der Waals surface area contributed by atoms with Crippen molar-refractivity contribution in [3.63, 3.8) is 0 Å². The van der Waals surface area contributed by atoms with Crippen molar-refractivity contribution in [2.75, 3.05) is 6.61 Å². The zero-order valence-corrected chi connectivity index (χ0v) is 14.2. The summed E-state index contributed by atoms with van der Waals surface area (Å²) in [7, 11) is 1.39. The average molecular weight is 360 g/mol. The number of rotatable bonds is 8. The number of ether oxygens (including phenoxy) is 1. The third kappa shape index (κ3) is 5.68. The number of benzene rings is 1. The maximum absolute atomic E-state index is 11.2. The van der Waals surface area contributed by atoms with E-state index in [2.05, 4.69) is 6.92 Å². The fourth-order valence-corrected chi connectivity index (χ4v) is 3.21. The third-order valence-electron chi connectivity index (χ3n) is 2.75. The highest BCUT2D eigenvalue weighted by Gasteiger charge is 2.16. The van der Waals surface area contributed by atoms with E-state index < -0.39 is 9.05 Å². The molecule has 0 radical (unpaired) electrons. The Bertz CT molecular complexity index is 521. The maximum Gasteiger partial charge on any atom is 0.261 e. The van der Waals surface area contributed by atoms with Crippen molar-refractivity contribution in [3.8, 4) is 5.75 Å². The Kier molecular flexibility index (Phi) is 7.45. The molecule has 0 heterocycles. The molecule has 114 valence electrons. The van der Waals surface area contributed by atoms with Gasteiger partial charge in [-0.3, -0.25) is 0 Å². The Labute approximate surface area is 134 Å². The Balaban J connectivity index is 2.63. The smallest absolute Gasteiger partial charge is 0.261 e. The lowest BCUT2D eigenvalue weighted by Crippen LogP contribution is -2.00. The van der Waals surface area contributed by atoms with Gasteiger partial charge in [0, 0.05) is 10.7 Å². The minimum atomic E-state index is -3.85. The van der Waals surface area contributed by atoms with Crippen molar-refractivity contribution in [3.05, 3.63) is 22.2 Å². The summed E-state index contributed by atoms with van der Waals surface area (Å²) in [5.41, 5.74) is 0. The second-order valence-corrected chi connectivity index (χ2v) is 7.80. The van der Waals surface area contributed by atoms with E-state index >= 15 is 0 Å². The van der Waals surface area contributed by atoms with Gasteiger partial charge < -0.3 is 4.74 Å². The predicted molar refractivity (Wildman–Crippen MR) is 83.8 cm³/mol.